The number of hydrogen-bond acceptors (Lipinski definition) is 6. The van der Waals surface area contributed by atoms with Gasteiger partial charge in [-0.1, -0.05) is 47.6 Å². The van der Waals surface area contributed by atoms with Gasteiger partial charge in [0.05, 0.1) is 13.1 Å². The Morgan fingerprint density at radius 3 is 2.48 bits per heavy atom. The molecule has 1 heterocycles. The minimum Gasteiger partial charge on any atom is -0.548 e. The molecule has 0 N–H and O–H groups in total. The molecule has 0 saturated heterocycles. The Bertz CT molecular complexity index is 648. The average molecular weight is 327 g/mol. The summed E-state index contributed by atoms with van der Waals surface area (Å²) in [5, 5.41) is 11.6. The number of carbonyl (C=O) groups excluding carboxylic acids is 2. The quantitative estimate of drug-likeness (QED) is 0.361. The van der Waals surface area contributed by atoms with Crippen molar-refractivity contribution >= 4 is 41.0 Å². The van der Waals surface area contributed by atoms with Crippen LogP contribution in [0, 0.1) is 6.92 Å². The number of carboxylic acids is 1. The maximum Gasteiger partial charge on any atom is 0.333 e. The monoisotopic (exact) mass is 326 g/mol. The first-order chi connectivity index (χ1) is 9.78. The van der Waals surface area contributed by atoms with E-state index < -0.39 is 21.0 Å². The number of benzene rings is 1. The maximum absolute atomic E-state index is 12.0. The molecule has 1 aliphatic heterocycles. The first-order valence-electron chi connectivity index (χ1n) is 6.10. The summed E-state index contributed by atoms with van der Waals surface area (Å²) in [7, 11) is 1.11. The van der Waals surface area contributed by atoms with Gasteiger partial charge in [0.2, 0.25) is 4.33 Å². The van der Waals surface area contributed by atoms with E-state index in [1.165, 1.54) is 6.92 Å². The second-order valence-electron chi connectivity index (χ2n) is 4.64. The third-order valence-electron chi connectivity index (χ3n) is 3.35. The van der Waals surface area contributed by atoms with E-state index in [1.54, 1.807) is 12.1 Å². The number of ether oxygens (including phenoxy) is 1. The molecule has 0 bridgehead atoms. The van der Waals surface area contributed by atoms with E-state index in [9.17, 15) is 14.7 Å². The van der Waals surface area contributed by atoms with Crippen LogP contribution in [-0.4, -0.2) is 29.5 Å². The van der Waals surface area contributed by atoms with Crippen molar-refractivity contribution in [1.82, 2.24) is 0 Å². The molecule has 2 atom stereocenters. The zero-order valence-corrected chi connectivity index (χ0v) is 13.2. The summed E-state index contributed by atoms with van der Waals surface area (Å²) in [6, 6.07) is 7.19. The van der Waals surface area contributed by atoms with E-state index in [4.69, 9.17) is 11.6 Å². The number of esters is 1. The van der Waals surface area contributed by atoms with Crippen molar-refractivity contribution < 1.29 is 19.4 Å². The Kier molecular flexibility index (Phi) is 4.04. The molecule has 1 aromatic carbocycles. The van der Waals surface area contributed by atoms with Gasteiger partial charge in [0.15, 0.2) is 4.75 Å². The Balaban J connectivity index is 2.57. The van der Waals surface area contributed by atoms with Gasteiger partial charge >= 0.3 is 5.97 Å². The van der Waals surface area contributed by atoms with Gasteiger partial charge in [-0.25, -0.2) is 4.79 Å². The Morgan fingerprint density at radius 2 is 1.95 bits per heavy atom. The molecule has 0 aromatic heterocycles. The molecular weight excluding hydrogens is 314 g/mol. The molecule has 2 unspecified atom stereocenters. The fraction of sp³-hybridized carbons (Fsp3) is 0.357. The largest absolute Gasteiger partial charge is 0.548 e. The zero-order chi connectivity index (χ0) is 15.8. The van der Waals surface area contributed by atoms with Crippen molar-refractivity contribution in [1.29, 1.82) is 0 Å². The van der Waals surface area contributed by atoms with E-state index in [2.05, 4.69) is 9.73 Å². The van der Waals surface area contributed by atoms with E-state index in [1.807, 2.05) is 19.1 Å². The first kappa shape index (κ1) is 15.9. The van der Waals surface area contributed by atoms with Gasteiger partial charge in [0, 0.05) is 11.3 Å². The van der Waals surface area contributed by atoms with Gasteiger partial charge in [0.1, 0.15) is 0 Å². The summed E-state index contributed by atoms with van der Waals surface area (Å²) < 4.78 is 1.18. The van der Waals surface area contributed by atoms with E-state index in [0.717, 1.165) is 12.7 Å². The summed E-state index contributed by atoms with van der Waals surface area (Å²) in [5.41, 5.74) is 1.52. The van der Waals surface area contributed by atoms with Gasteiger partial charge in [-0.15, -0.1) is 0 Å². The van der Waals surface area contributed by atoms with Gasteiger partial charge in [-0.2, -0.15) is 0 Å². The summed E-state index contributed by atoms with van der Waals surface area (Å²) in [6.07, 6.45) is 0. The normalized spacial score (nSPS) is 28.1. The molecule has 1 aliphatic rings. The summed E-state index contributed by atoms with van der Waals surface area (Å²) >= 11 is 7.20. The number of aliphatic carboxylic acids is 1. The van der Waals surface area contributed by atoms with Crippen LogP contribution in [0.4, 0.5) is 0 Å². The summed E-state index contributed by atoms with van der Waals surface area (Å²) in [4.78, 5) is 27.8. The van der Waals surface area contributed by atoms with Crippen LogP contribution < -0.4 is 5.11 Å². The third-order valence-corrected chi connectivity index (χ3v) is 5.38. The smallest absolute Gasteiger partial charge is 0.333 e. The number of halogens is 1. The van der Waals surface area contributed by atoms with Crippen molar-refractivity contribution in [3.05, 3.63) is 35.4 Å². The molecule has 5 nitrogen and oxygen atoms in total. The average Bonchev–Trinajstić information content (AvgIpc) is 2.71. The molecule has 1 aromatic rings. The molecule has 0 saturated carbocycles. The number of carboxylic acid groups (broad SMARTS) is 1. The molecule has 21 heavy (non-hydrogen) atoms. The Morgan fingerprint density at radius 1 is 1.33 bits per heavy atom. The van der Waals surface area contributed by atoms with Crippen molar-refractivity contribution in [3.8, 4) is 0 Å². The van der Waals surface area contributed by atoms with Gasteiger partial charge in [-0.05, 0) is 19.4 Å². The van der Waals surface area contributed by atoms with Crippen LogP contribution in [0.3, 0.4) is 0 Å². The van der Waals surface area contributed by atoms with E-state index in [-0.39, 0.29) is 5.71 Å². The molecular formula is C14H13ClNO4S-. The highest BCUT2D eigenvalue weighted by atomic mass is 35.5. The molecule has 0 aliphatic carbocycles. The lowest BCUT2D eigenvalue weighted by molar-refractivity contribution is -0.306. The molecule has 0 fully saturated rings. The zero-order valence-electron chi connectivity index (χ0n) is 11.7. The van der Waals surface area contributed by atoms with E-state index >= 15 is 0 Å². The predicted molar refractivity (Wildman–Crippen MR) is 79.2 cm³/mol. The first-order valence-corrected chi connectivity index (χ1v) is 7.29. The van der Waals surface area contributed by atoms with Crippen LogP contribution in [0.15, 0.2) is 29.3 Å². The van der Waals surface area contributed by atoms with Crippen LogP contribution in [0.2, 0.25) is 0 Å². The fourth-order valence-corrected chi connectivity index (χ4v) is 4.29. The second kappa shape index (κ2) is 5.35. The molecule has 0 radical (unpaired) electrons. The van der Waals surface area contributed by atoms with Crippen molar-refractivity contribution in [3.63, 3.8) is 0 Å². The highest BCUT2D eigenvalue weighted by Crippen LogP contribution is 2.55. The minimum atomic E-state index is -2.03. The number of carbonyl (C=O) groups is 2. The summed E-state index contributed by atoms with van der Waals surface area (Å²) in [6.45, 7) is 3.27. The number of alkyl halides is 1. The number of hydrogen-bond donors (Lipinski definition) is 0. The lowest BCUT2D eigenvalue weighted by atomic mass is 10.0. The predicted octanol–water partition coefficient (Wildman–Crippen LogP) is 1.21. The van der Waals surface area contributed by atoms with Crippen LogP contribution >= 0.6 is 23.4 Å². The van der Waals surface area contributed by atoms with Gasteiger partial charge in [0.25, 0.3) is 0 Å². The minimum absolute atomic E-state index is 0.0533. The van der Waals surface area contributed by atoms with Gasteiger partial charge in [-0.3, -0.25) is 4.99 Å². The molecule has 0 spiro atoms. The Labute approximate surface area is 131 Å². The van der Waals surface area contributed by atoms with Crippen LogP contribution in [0.5, 0.6) is 0 Å². The molecule has 7 heteroatoms. The molecule has 2 rings (SSSR count). The summed E-state index contributed by atoms with van der Waals surface area (Å²) in [5.74, 6) is -2.54. The highest BCUT2D eigenvalue weighted by Gasteiger charge is 2.57. The second-order valence-corrected chi connectivity index (χ2v) is 6.81. The lowest BCUT2D eigenvalue weighted by Crippen LogP contribution is -2.55. The fourth-order valence-electron chi connectivity index (χ4n) is 2.23. The number of methoxy groups -OCH3 is 1. The SMILES string of the molecule is COC(=O)C1(C(=O)[O-])SC(Cl)(c2ccccc2C)N=C1C. The number of nitrogens with zero attached hydrogens (tertiary/aromatic N) is 1. The van der Waals surface area contributed by atoms with E-state index in [0.29, 0.717) is 17.3 Å². The van der Waals surface area contributed by atoms with Gasteiger partial charge < -0.3 is 14.6 Å². The van der Waals surface area contributed by atoms with Crippen LogP contribution in [0.25, 0.3) is 0 Å². The maximum atomic E-state index is 12.0. The molecule has 112 valence electrons. The third kappa shape index (κ3) is 2.32. The van der Waals surface area contributed by atoms with Crippen molar-refractivity contribution in [2.24, 2.45) is 4.99 Å². The van der Waals surface area contributed by atoms with Crippen molar-refractivity contribution in [2.45, 2.75) is 22.9 Å². The molecule has 0 amide bonds. The highest BCUT2D eigenvalue weighted by molar-refractivity contribution is 8.05. The Hall–Kier alpha value is -1.53. The topological polar surface area (TPSA) is 78.8 Å². The van der Waals surface area contributed by atoms with Crippen LogP contribution in [0.1, 0.15) is 18.1 Å². The number of aliphatic imine (C=N–C) groups is 1. The number of thioether (sulfide) groups is 1. The standard InChI is InChI=1S/C14H14ClNO4S/c1-8-6-4-5-7-10(8)14(15)16-9(2)13(21-14,11(17)18)12(19)20-3/h4-7H,1-3H3,(H,17,18)/p-1. The lowest BCUT2D eigenvalue weighted by Gasteiger charge is -2.29. The van der Waals surface area contributed by atoms with Crippen molar-refractivity contribution in [2.75, 3.05) is 7.11 Å². The number of aryl methyl sites for hydroxylation is 1. The number of rotatable bonds is 3. The van der Waals surface area contributed by atoms with Crippen LogP contribution in [-0.2, 0) is 18.7 Å².